The fourth-order valence-electron chi connectivity index (χ4n) is 2.07. The molecule has 0 N–H and O–H groups in total. The van der Waals surface area contributed by atoms with Gasteiger partial charge in [0.25, 0.3) is 0 Å². The van der Waals surface area contributed by atoms with E-state index in [0.717, 1.165) is 24.5 Å². The number of hydrogen-bond acceptors (Lipinski definition) is 2. The molecule has 0 amide bonds. The zero-order valence-corrected chi connectivity index (χ0v) is 11.4. The Morgan fingerprint density at radius 1 is 1.11 bits per heavy atom. The van der Waals surface area contributed by atoms with Crippen molar-refractivity contribution in [1.29, 1.82) is 0 Å². The number of aryl methyl sites for hydroxylation is 2. The molecular weight excluding hydrogens is 222 g/mol. The molecule has 0 aliphatic rings. The van der Waals surface area contributed by atoms with Crippen LogP contribution in [0.25, 0.3) is 11.3 Å². The summed E-state index contributed by atoms with van der Waals surface area (Å²) in [5.41, 5.74) is 2.55. The molecule has 2 nitrogen and oxygen atoms in total. The lowest BCUT2D eigenvalue weighted by molar-refractivity contribution is 0.400. The minimum absolute atomic E-state index is 0.960. The van der Waals surface area contributed by atoms with Crippen LogP contribution in [0.2, 0.25) is 0 Å². The van der Waals surface area contributed by atoms with Gasteiger partial charge >= 0.3 is 0 Å². The summed E-state index contributed by atoms with van der Waals surface area (Å²) < 4.78 is 5.66. The summed E-state index contributed by atoms with van der Waals surface area (Å²) in [6.07, 6.45) is 2.30. The molecule has 1 aromatic heterocycles. The van der Waals surface area contributed by atoms with Crippen LogP contribution in [0.15, 0.2) is 40.8 Å². The third-order valence-electron chi connectivity index (χ3n) is 3.02. The SMILES string of the molecule is Cc1ccc(-c2cccc(CCCN(C)C)c2)o1. The van der Waals surface area contributed by atoms with Gasteiger partial charge in [0, 0.05) is 5.56 Å². The molecule has 1 aromatic carbocycles. The zero-order valence-electron chi connectivity index (χ0n) is 11.4. The van der Waals surface area contributed by atoms with Crippen molar-refractivity contribution < 1.29 is 4.42 Å². The Balaban J connectivity index is 2.05. The number of benzene rings is 1. The van der Waals surface area contributed by atoms with Crippen molar-refractivity contribution >= 4 is 0 Å². The molecule has 0 atom stereocenters. The topological polar surface area (TPSA) is 16.4 Å². The van der Waals surface area contributed by atoms with Crippen LogP contribution in [0.4, 0.5) is 0 Å². The first-order valence-corrected chi connectivity index (χ1v) is 6.45. The van der Waals surface area contributed by atoms with Gasteiger partial charge in [-0.05, 0) is 64.2 Å². The van der Waals surface area contributed by atoms with E-state index < -0.39 is 0 Å². The maximum Gasteiger partial charge on any atom is 0.134 e. The van der Waals surface area contributed by atoms with Crippen LogP contribution >= 0.6 is 0 Å². The maximum atomic E-state index is 5.66. The fourth-order valence-corrected chi connectivity index (χ4v) is 2.07. The number of nitrogens with zero attached hydrogens (tertiary/aromatic N) is 1. The molecule has 0 fully saturated rings. The molecule has 0 spiro atoms. The first kappa shape index (κ1) is 12.9. The number of rotatable bonds is 5. The average molecular weight is 243 g/mol. The lowest BCUT2D eigenvalue weighted by Crippen LogP contribution is -2.13. The van der Waals surface area contributed by atoms with Gasteiger partial charge in [0.05, 0.1) is 0 Å². The highest BCUT2D eigenvalue weighted by Gasteiger charge is 2.03. The fraction of sp³-hybridized carbons (Fsp3) is 0.375. The number of furan rings is 1. The van der Waals surface area contributed by atoms with Crippen LogP contribution in [0.1, 0.15) is 17.7 Å². The van der Waals surface area contributed by atoms with Gasteiger partial charge < -0.3 is 9.32 Å². The molecule has 2 heteroatoms. The van der Waals surface area contributed by atoms with Gasteiger partial charge in [-0.1, -0.05) is 18.2 Å². The van der Waals surface area contributed by atoms with Gasteiger partial charge in [0.2, 0.25) is 0 Å². The second kappa shape index (κ2) is 5.87. The molecular formula is C16H21NO. The quantitative estimate of drug-likeness (QED) is 0.795. The molecule has 96 valence electrons. The van der Waals surface area contributed by atoms with Crippen molar-refractivity contribution in [3.63, 3.8) is 0 Å². The lowest BCUT2D eigenvalue weighted by Gasteiger charge is -2.09. The molecule has 0 aliphatic carbocycles. The Morgan fingerprint density at radius 3 is 2.61 bits per heavy atom. The summed E-state index contributed by atoms with van der Waals surface area (Å²) in [5, 5.41) is 0. The van der Waals surface area contributed by atoms with Crippen molar-refractivity contribution in [2.75, 3.05) is 20.6 Å². The Morgan fingerprint density at radius 2 is 1.94 bits per heavy atom. The zero-order chi connectivity index (χ0) is 13.0. The van der Waals surface area contributed by atoms with Crippen LogP contribution in [0, 0.1) is 6.92 Å². The Bertz CT molecular complexity index is 499. The first-order chi connectivity index (χ1) is 8.65. The monoisotopic (exact) mass is 243 g/mol. The minimum Gasteiger partial charge on any atom is -0.461 e. The van der Waals surface area contributed by atoms with E-state index in [1.807, 2.05) is 19.1 Å². The summed E-state index contributed by atoms with van der Waals surface area (Å²) in [5.74, 6) is 1.92. The average Bonchev–Trinajstić information content (AvgIpc) is 2.76. The van der Waals surface area contributed by atoms with Crippen molar-refractivity contribution in [3.8, 4) is 11.3 Å². The molecule has 18 heavy (non-hydrogen) atoms. The molecule has 0 unspecified atom stereocenters. The van der Waals surface area contributed by atoms with E-state index in [1.165, 1.54) is 17.5 Å². The molecule has 2 rings (SSSR count). The smallest absolute Gasteiger partial charge is 0.134 e. The normalized spacial score (nSPS) is 11.1. The van der Waals surface area contributed by atoms with Crippen molar-refractivity contribution in [3.05, 3.63) is 47.7 Å². The van der Waals surface area contributed by atoms with E-state index >= 15 is 0 Å². The van der Waals surface area contributed by atoms with Crippen LogP contribution in [-0.4, -0.2) is 25.5 Å². The second-order valence-corrected chi connectivity index (χ2v) is 5.02. The van der Waals surface area contributed by atoms with Crippen LogP contribution < -0.4 is 0 Å². The predicted molar refractivity (Wildman–Crippen MR) is 75.8 cm³/mol. The Labute approximate surface area is 109 Å². The van der Waals surface area contributed by atoms with E-state index in [-0.39, 0.29) is 0 Å². The van der Waals surface area contributed by atoms with Crippen molar-refractivity contribution in [2.45, 2.75) is 19.8 Å². The first-order valence-electron chi connectivity index (χ1n) is 6.45. The third-order valence-corrected chi connectivity index (χ3v) is 3.02. The summed E-state index contributed by atoms with van der Waals surface area (Å²) in [6, 6.07) is 12.7. The highest BCUT2D eigenvalue weighted by Crippen LogP contribution is 2.23. The molecule has 0 radical (unpaired) electrons. The van der Waals surface area contributed by atoms with E-state index in [4.69, 9.17) is 4.42 Å². The Kier molecular flexibility index (Phi) is 4.21. The summed E-state index contributed by atoms with van der Waals surface area (Å²) in [6.45, 7) is 3.11. The lowest BCUT2D eigenvalue weighted by atomic mass is 10.1. The summed E-state index contributed by atoms with van der Waals surface area (Å²) in [7, 11) is 4.23. The van der Waals surface area contributed by atoms with E-state index in [1.54, 1.807) is 0 Å². The highest BCUT2D eigenvalue weighted by molar-refractivity contribution is 5.58. The van der Waals surface area contributed by atoms with Gasteiger partial charge in [-0.25, -0.2) is 0 Å². The van der Waals surface area contributed by atoms with Crippen LogP contribution in [0.5, 0.6) is 0 Å². The third kappa shape index (κ3) is 3.47. The molecule has 0 bridgehead atoms. The predicted octanol–water partition coefficient (Wildman–Crippen LogP) is 3.75. The van der Waals surface area contributed by atoms with E-state index in [9.17, 15) is 0 Å². The van der Waals surface area contributed by atoms with Gasteiger partial charge in [0.1, 0.15) is 11.5 Å². The van der Waals surface area contributed by atoms with E-state index in [0.29, 0.717) is 0 Å². The van der Waals surface area contributed by atoms with Gasteiger partial charge in [-0.15, -0.1) is 0 Å². The molecule has 0 aliphatic heterocycles. The van der Waals surface area contributed by atoms with Crippen LogP contribution in [0.3, 0.4) is 0 Å². The second-order valence-electron chi connectivity index (χ2n) is 5.02. The summed E-state index contributed by atoms with van der Waals surface area (Å²) in [4.78, 5) is 2.22. The van der Waals surface area contributed by atoms with Crippen molar-refractivity contribution in [2.24, 2.45) is 0 Å². The highest BCUT2D eigenvalue weighted by atomic mass is 16.3. The van der Waals surface area contributed by atoms with Gasteiger partial charge in [-0.3, -0.25) is 0 Å². The molecule has 0 saturated heterocycles. The summed E-state index contributed by atoms with van der Waals surface area (Å²) >= 11 is 0. The maximum absolute atomic E-state index is 5.66. The molecule has 0 saturated carbocycles. The van der Waals surface area contributed by atoms with E-state index in [2.05, 4.69) is 43.3 Å². The largest absolute Gasteiger partial charge is 0.461 e. The Hall–Kier alpha value is -1.54. The van der Waals surface area contributed by atoms with Gasteiger partial charge in [0.15, 0.2) is 0 Å². The standard InChI is InChI=1S/C16H21NO/c1-13-9-10-16(18-13)15-8-4-6-14(12-15)7-5-11-17(2)3/h4,6,8-10,12H,5,7,11H2,1-3H3. The van der Waals surface area contributed by atoms with Crippen LogP contribution in [-0.2, 0) is 6.42 Å². The van der Waals surface area contributed by atoms with Gasteiger partial charge in [-0.2, -0.15) is 0 Å². The van der Waals surface area contributed by atoms with Crippen molar-refractivity contribution in [1.82, 2.24) is 4.90 Å². The molecule has 2 aromatic rings. The minimum atomic E-state index is 0.960. The number of hydrogen-bond donors (Lipinski definition) is 0. The molecule has 1 heterocycles.